The Kier molecular flexibility index (Phi) is 4.31. The summed E-state index contributed by atoms with van der Waals surface area (Å²) in [5, 5.41) is 0.911. The van der Waals surface area contributed by atoms with Gasteiger partial charge >= 0.3 is 0 Å². The van der Waals surface area contributed by atoms with E-state index in [2.05, 4.69) is 45.1 Å². The summed E-state index contributed by atoms with van der Waals surface area (Å²) in [6.45, 7) is 0.916. The highest BCUT2D eigenvalue weighted by atomic mass is 79.9. The number of alkyl halides is 1. The molecule has 2 aromatic carbocycles. The first-order valence-electron chi connectivity index (χ1n) is 6.64. The molecule has 1 heterocycles. The van der Waals surface area contributed by atoms with Crippen LogP contribution < -0.4 is 14.4 Å². The van der Waals surface area contributed by atoms with Crippen molar-refractivity contribution in [1.29, 1.82) is 0 Å². The number of halogens is 1. The quantitative estimate of drug-likeness (QED) is 0.731. The molecular weight excluding hydrogens is 350 g/mol. The molecule has 21 heavy (non-hydrogen) atoms. The molecule has 0 aromatic heterocycles. The molecule has 0 unspecified atom stereocenters. The highest BCUT2D eigenvalue weighted by Gasteiger charge is 2.23. The van der Waals surface area contributed by atoms with E-state index in [1.165, 1.54) is 21.2 Å². The van der Waals surface area contributed by atoms with Gasteiger partial charge in [-0.15, -0.1) is 0 Å². The molecule has 0 saturated heterocycles. The van der Waals surface area contributed by atoms with Crippen LogP contribution >= 0.6 is 27.7 Å². The number of hydrogen-bond acceptors (Lipinski definition) is 4. The van der Waals surface area contributed by atoms with Crippen LogP contribution in [0.5, 0.6) is 11.5 Å². The van der Waals surface area contributed by atoms with Gasteiger partial charge < -0.3 is 14.4 Å². The average Bonchev–Trinajstić information content (AvgIpc) is 2.53. The lowest BCUT2D eigenvalue weighted by Crippen LogP contribution is -2.22. The summed E-state index contributed by atoms with van der Waals surface area (Å²) in [5.74, 6) is 1.76. The van der Waals surface area contributed by atoms with Gasteiger partial charge in [0.1, 0.15) is 11.5 Å². The van der Waals surface area contributed by atoms with Crippen molar-refractivity contribution in [2.45, 2.75) is 9.79 Å². The standard InChI is InChI=1S/C16H16BrNO2S/c1-19-11-3-5-13-15(9-11)21-16-10-12(20-2)4-6-14(16)18(13)8-7-17/h3-6,9-10H,7-8H2,1-2H3. The summed E-state index contributed by atoms with van der Waals surface area (Å²) in [7, 11) is 3.39. The lowest BCUT2D eigenvalue weighted by molar-refractivity contribution is 0.413. The largest absolute Gasteiger partial charge is 0.497 e. The van der Waals surface area contributed by atoms with Crippen LogP contribution in [0.1, 0.15) is 0 Å². The number of rotatable bonds is 4. The van der Waals surface area contributed by atoms with E-state index >= 15 is 0 Å². The van der Waals surface area contributed by atoms with E-state index in [1.54, 1.807) is 26.0 Å². The van der Waals surface area contributed by atoms with Crippen molar-refractivity contribution in [1.82, 2.24) is 0 Å². The Morgan fingerprint density at radius 2 is 1.48 bits per heavy atom. The maximum absolute atomic E-state index is 5.34. The van der Waals surface area contributed by atoms with Crippen LogP contribution in [-0.4, -0.2) is 26.1 Å². The van der Waals surface area contributed by atoms with Crippen molar-refractivity contribution in [2.75, 3.05) is 31.0 Å². The van der Waals surface area contributed by atoms with Gasteiger partial charge in [0.15, 0.2) is 0 Å². The molecule has 3 rings (SSSR count). The molecule has 1 aliphatic heterocycles. The Hall–Kier alpha value is -1.33. The fourth-order valence-corrected chi connectivity index (χ4v) is 3.93. The first-order valence-corrected chi connectivity index (χ1v) is 8.58. The van der Waals surface area contributed by atoms with Crippen LogP contribution in [0.25, 0.3) is 0 Å². The maximum Gasteiger partial charge on any atom is 0.120 e. The highest BCUT2D eigenvalue weighted by Crippen LogP contribution is 2.50. The second kappa shape index (κ2) is 6.20. The SMILES string of the molecule is COc1ccc2c(c1)Sc1cc(OC)ccc1N2CCBr. The second-order valence-electron chi connectivity index (χ2n) is 4.61. The van der Waals surface area contributed by atoms with Crippen LogP contribution in [-0.2, 0) is 0 Å². The van der Waals surface area contributed by atoms with Crippen LogP contribution in [0.4, 0.5) is 11.4 Å². The summed E-state index contributed by atoms with van der Waals surface area (Å²) < 4.78 is 10.7. The fourth-order valence-electron chi connectivity index (χ4n) is 2.43. The molecule has 0 radical (unpaired) electrons. The molecule has 0 fully saturated rings. The van der Waals surface area contributed by atoms with Gasteiger partial charge in [-0.05, 0) is 36.4 Å². The Morgan fingerprint density at radius 3 is 1.90 bits per heavy atom. The number of hydrogen-bond donors (Lipinski definition) is 0. The monoisotopic (exact) mass is 365 g/mol. The molecule has 0 spiro atoms. The summed E-state index contributed by atoms with van der Waals surface area (Å²) in [6, 6.07) is 12.4. The van der Waals surface area contributed by atoms with Crippen LogP contribution in [0.3, 0.4) is 0 Å². The molecule has 0 amide bonds. The number of fused-ring (bicyclic) bond motifs is 2. The molecule has 1 aliphatic rings. The van der Waals surface area contributed by atoms with Crippen LogP contribution in [0.15, 0.2) is 46.2 Å². The van der Waals surface area contributed by atoms with Gasteiger partial charge in [0.25, 0.3) is 0 Å². The van der Waals surface area contributed by atoms with Crippen molar-refractivity contribution >= 4 is 39.1 Å². The van der Waals surface area contributed by atoms with Crippen molar-refractivity contribution in [3.05, 3.63) is 36.4 Å². The average molecular weight is 366 g/mol. The minimum absolute atomic E-state index is 0.881. The zero-order chi connectivity index (χ0) is 14.8. The fraction of sp³-hybridized carbons (Fsp3) is 0.250. The van der Waals surface area contributed by atoms with Gasteiger partial charge in [0.2, 0.25) is 0 Å². The van der Waals surface area contributed by atoms with E-state index < -0.39 is 0 Å². The smallest absolute Gasteiger partial charge is 0.120 e. The lowest BCUT2D eigenvalue weighted by Gasteiger charge is -2.32. The van der Waals surface area contributed by atoms with Crippen LogP contribution in [0, 0.1) is 0 Å². The van der Waals surface area contributed by atoms with E-state index in [1.807, 2.05) is 12.1 Å². The van der Waals surface area contributed by atoms with Gasteiger partial charge in [-0.25, -0.2) is 0 Å². The Balaban J connectivity index is 2.09. The van der Waals surface area contributed by atoms with Crippen molar-refractivity contribution < 1.29 is 9.47 Å². The van der Waals surface area contributed by atoms with Crippen molar-refractivity contribution in [2.24, 2.45) is 0 Å². The van der Waals surface area contributed by atoms with Gasteiger partial charge in [-0.2, -0.15) is 0 Å². The van der Waals surface area contributed by atoms with Gasteiger partial charge in [0, 0.05) is 21.7 Å². The number of methoxy groups -OCH3 is 2. The highest BCUT2D eigenvalue weighted by molar-refractivity contribution is 9.09. The van der Waals surface area contributed by atoms with Gasteiger partial charge in [-0.3, -0.25) is 0 Å². The summed E-state index contributed by atoms with van der Waals surface area (Å²) in [5.41, 5.74) is 2.44. The van der Waals surface area contributed by atoms with Crippen molar-refractivity contribution in [3.63, 3.8) is 0 Å². The summed E-state index contributed by atoms with van der Waals surface area (Å²) in [6.07, 6.45) is 0. The van der Waals surface area contributed by atoms with Crippen molar-refractivity contribution in [3.8, 4) is 11.5 Å². The first-order chi connectivity index (χ1) is 10.3. The van der Waals surface area contributed by atoms with E-state index in [4.69, 9.17) is 9.47 Å². The number of ether oxygens (including phenoxy) is 2. The zero-order valence-electron chi connectivity index (χ0n) is 11.9. The number of benzene rings is 2. The zero-order valence-corrected chi connectivity index (χ0v) is 14.3. The third-order valence-electron chi connectivity index (χ3n) is 3.44. The molecule has 0 atom stereocenters. The lowest BCUT2D eigenvalue weighted by atomic mass is 10.2. The van der Waals surface area contributed by atoms with Gasteiger partial charge in [-0.1, -0.05) is 27.7 Å². The molecule has 0 bridgehead atoms. The minimum Gasteiger partial charge on any atom is -0.497 e. The predicted octanol–water partition coefficient (Wildman–Crippen LogP) is 4.70. The third kappa shape index (κ3) is 2.72. The topological polar surface area (TPSA) is 21.7 Å². The summed E-state index contributed by atoms with van der Waals surface area (Å²) >= 11 is 5.30. The normalized spacial score (nSPS) is 12.6. The Morgan fingerprint density at radius 1 is 0.952 bits per heavy atom. The van der Waals surface area contributed by atoms with E-state index in [0.29, 0.717) is 0 Å². The third-order valence-corrected chi connectivity index (χ3v) is 4.89. The molecule has 3 nitrogen and oxygen atoms in total. The molecule has 2 aromatic rings. The maximum atomic E-state index is 5.34. The van der Waals surface area contributed by atoms with E-state index in [0.717, 1.165) is 23.4 Å². The molecular formula is C16H16BrNO2S. The first kappa shape index (κ1) is 14.6. The van der Waals surface area contributed by atoms with E-state index in [9.17, 15) is 0 Å². The second-order valence-corrected chi connectivity index (χ2v) is 6.49. The molecule has 5 heteroatoms. The minimum atomic E-state index is 0.881. The molecule has 110 valence electrons. The van der Waals surface area contributed by atoms with Crippen LogP contribution in [0.2, 0.25) is 0 Å². The van der Waals surface area contributed by atoms with Gasteiger partial charge in [0.05, 0.1) is 25.6 Å². The summed E-state index contributed by atoms with van der Waals surface area (Å²) in [4.78, 5) is 4.74. The molecule has 0 N–H and O–H groups in total. The Bertz CT molecular complexity index is 609. The van der Waals surface area contributed by atoms with E-state index in [-0.39, 0.29) is 0 Å². The molecule has 0 saturated carbocycles. The molecule has 0 aliphatic carbocycles. The predicted molar refractivity (Wildman–Crippen MR) is 90.9 cm³/mol. The Labute approximate surface area is 137 Å². The number of nitrogens with zero attached hydrogens (tertiary/aromatic N) is 1. The number of anilines is 2.